The Hall–Kier alpha value is -1.73. The van der Waals surface area contributed by atoms with E-state index < -0.39 is 0 Å². The van der Waals surface area contributed by atoms with Gasteiger partial charge in [0, 0.05) is 30.4 Å². The average Bonchev–Trinajstić information content (AvgIpc) is 2.95. The van der Waals surface area contributed by atoms with Crippen LogP contribution in [0, 0.1) is 0 Å². The molecule has 0 saturated heterocycles. The Morgan fingerprint density at radius 1 is 1.29 bits per heavy atom. The lowest BCUT2D eigenvalue weighted by atomic mass is 10.3. The van der Waals surface area contributed by atoms with Crippen LogP contribution in [0.25, 0.3) is 4.96 Å². The van der Waals surface area contributed by atoms with Crippen molar-refractivity contribution in [1.29, 1.82) is 0 Å². The van der Waals surface area contributed by atoms with Crippen LogP contribution in [0.4, 0.5) is 0 Å². The lowest BCUT2D eigenvalue weighted by Gasteiger charge is -1.94. The van der Waals surface area contributed by atoms with Crippen LogP contribution in [0.15, 0.2) is 24.0 Å². The number of nitrogens with zero attached hydrogens (tertiary/aromatic N) is 5. The predicted octanol–water partition coefficient (Wildman–Crippen LogP) is 0.537. The smallest absolute Gasteiger partial charge is 0.193 e. The fourth-order valence-corrected chi connectivity index (χ4v) is 2.42. The molecular weight excluding hydrogens is 236 g/mol. The van der Waals surface area contributed by atoms with E-state index in [9.17, 15) is 0 Å². The van der Waals surface area contributed by atoms with Crippen LogP contribution in [0.2, 0.25) is 0 Å². The third kappa shape index (κ3) is 2.06. The number of hydrogen-bond acceptors (Lipinski definition) is 5. The molecule has 2 N–H and O–H groups in total. The van der Waals surface area contributed by atoms with Crippen LogP contribution >= 0.6 is 11.3 Å². The highest BCUT2D eigenvalue weighted by Crippen LogP contribution is 2.11. The first-order chi connectivity index (χ1) is 8.35. The van der Waals surface area contributed by atoms with Gasteiger partial charge in [-0.3, -0.25) is 4.40 Å². The molecule has 0 unspecified atom stereocenters. The maximum absolute atomic E-state index is 5.47. The summed E-state index contributed by atoms with van der Waals surface area (Å²) in [6.07, 6.45) is 6.69. The van der Waals surface area contributed by atoms with Crippen LogP contribution in [-0.4, -0.2) is 30.9 Å². The van der Waals surface area contributed by atoms with Crippen molar-refractivity contribution in [3.8, 4) is 0 Å². The van der Waals surface area contributed by atoms with Gasteiger partial charge in [-0.2, -0.15) is 0 Å². The lowest BCUT2D eigenvalue weighted by Crippen LogP contribution is -2.03. The first-order valence-electron chi connectivity index (χ1n) is 5.35. The molecular formula is C10H12N6S. The second kappa shape index (κ2) is 4.27. The highest BCUT2D eigenvalue weighted by atomic mass is 32.1. The van der Waals surface area contributed by atoms with Gasteiger partial charge in [-0.1, -0.05) is 5.21 Å². The Morgan fingerprint density at radius 3 is 3.06 bits per heavy atom. The van der Waals surface area contributed by atoms with Gasteiger partial charge in [-0.05, 0) is 6.54 Å². The van der Waals surface area contributed by atoms with Gasteiger partial charge in [0.15, 0.2) is 4.96 Å². The van der Waals surface area contributed by atoms with Crippen LogP contribution in [-0.2, 0) is 13.0 Å². The van der Waals surface area contributed by atoms with Gasteiger partial charge in [0.05, 0.1) is 17.9 Å². The highest BCUT2D eigenvalue weighted by molar-refractivity contribution is 7.15. The fourth-order valence-electron chi connectivity index (χ4n) is 1.70. The number of rotatable bonds is 4. The molecule has 0 aliphatic rings. The van der Waals surface area contributed by atoms with Crippen molar-refractivity contribution >= 4 is 16.3 Å². The first kappa shape index (κ1) is 10.4. The van der Waals surface area contributed by atoms with Gasteiger partial charge < -0.3 is 5.73 Å². The summed E-state index contributed by atoms with van der Waals surface area (Å²) < 4.78 is 3.80. The average molecular weight is 248 g/mol. The molecule has 0 radical (unpaired) electrons. The molecule has 3 heterocycles. The minimum atomic E-state index is 0.596. The summed E-state index contributed by atoms with van der Waals surface area (Å²) in [7, 11) is 0. The van der Waals surface area contributed by atoms with E-state index in [4.69, 9.17) is 5.73 Å². The largest absolute Gasteiger partial charge is 0.330 e. The Kier molecular flexibility index (Phi) is 2.62. The number of nitrogens with two attached hydrogens (primary N) is 1. The zero-order chi connectivity index (χ0) is 11.7. The summed E-state index contributed by atoms with van der Waals surface area (Å²) in [5.41, 5.74) is 7.38. The SMILES string of the molecule is NCCc1cn(Cc2cn3ccsc3n2)nn1. The molecule has 0 bridgehead atoms. The Bertz CT molecular complexity index is 593. The Balaban J connectivity index is 1.79. The zero-order valence-electron chi connectivity index (χ0n) is 9.15. The minimum absolute atomic E-state index is 0.596. The summed E-state index contributed by atoms with van der Waals surface area (Å²) in [6, 6.07) is 0. The van der Waals surface area contributed by atoms with Crippen molar-refractivity contribution < 1.29 is 0 Å². The molecule has 0 saturated carbocycles. The molecule has 3 rings (SSSR count). The van der Waals surface area contributed by atoms with Crippen molar-refractivity contribution in [3.05, 3.63) is 35.4 Å². The van der Waals surface area contributed by atoms with E-state index in [0.29, 0.717) is 13.1 Å². The molecule has 6 nitrogen and oxygen atoms in total. The van der Waals surface area contributed by atoms with E-state index >= 15 is 0 Å². The minimum Gasteiger partial charge on any atom is -0.330 e. The van der Waals surface area contributed by atoms with Crippen molar-refractivity contribution in [3.63, 3.8) is 0 Å². The van der Waals surface area contributed by atoms with E-state index in [1.54, 1.807) is 16.0 Å². The molecule has 0 fully saturated rings. The van der Waals surface area contributed by atoms with Gasteiger partial charge >= 0.3 is 0 Å². The predicted molar refractivity (Wildman–Crippen MR) is 65.0 cm³/mol. The monoisotopic (exact) mass is 248 g/mol. The summed E-state index contributed by atoms with van der Waals surface area (Å²) in [5.74, 6) is 0. The Labute approximate surface area is 102 Å². The highest BCUT2D eigenvalue weighted by Gasteiger charge is 2.05. The second-order valence-electron chi connectivity index (χ2n) is 3.77. The number of hydrogen-bond donors (Lipinski definition) is 1. The topological polar surface area (TPSA) is 74.0 Å². The molecule has 0 aliphatic carbocycles. The first-order valence-corrected chi connectivity index (χ1v) is 6.23. The number of fused-ring (bicyclic) bond motifs is 1. The summed E-state index contributed by atoms with van der Waals surface area (Å²) in [6.45, 7) is 1.24. The van der Waals surface area contributed by atoms with Crippen LogP contribution in [0.3, 0.4) is 0 Å². The van der Waals surface area contributed by atoms with Gasteiger partial charge in [-0.15, -0.1) is 16.4 Å². The van der Waals surface area contributed by atoms with Crippen molar-refractivity contribution in [2.45, 2.75) is 13.0 Å². The van der Waals surface area contributed by atoms with E-state index in [1.165, 1.54) is 0 Å². The van der Waals surface area contributed by atoms with E-state index in [0.717, 1.165) is 22.8 Å². The second-order valence-corrected chi connectivity index (χ2v) is 4.64. The van der Waals surface area contributed by atoms with Gasteiger partial charge in [0.2, 0.25) is 0 Å². The van der Waals surface area contributed by atoms with E-state index in [1.807, 2.05) is 28.4 Å². The molecule has 0 aromatic carbocycles. The molecule has 3 aromatic heterocycles. The van der Waals surface area contributed by atoms with Crippen molar-refractivity contribution in [1.82, 2.24) is 24.4 Å². The maximum atomic E-state index is 5.47. The van der Waals surface area contributed by atoms with Gasteiger partial charge in [-0.25, -0.2) is 9.67 Å². The fraction of sp³-hybridized carbons (Fsp3) is 0.300. The third-order valence-corrected chi connectivity index (χ3v) is 3.22. The molecule has 0 amide bonds. The molecule has 7 heteroatoms. The van der Waals surface area contributed by atoms with E-state index in [2.05, 4.69) is 15.3 Å². The Morgan fingerprint density at radius 2 is 2.24 bits per heavy atom. The quantitative estimate of drug-likeness (QED) is 0.731. The standard InChI is InChI=1S/C10H12N6S/c11-2-1-8-6-16(14-13-8)7-9-5-15-3-4-17-10(15)12-9/h3-6H,1-2,7,11H2. The van der Waals surface area contributed by atoms with E-state index in [-0.39, 0.29) is 0 Å². The molecule has 0 spiro atoms. The van der Waals surface area contributed by atoms with Crippen LogP contribution in [0.1, 0.15) is 11.4 Å². The molecule has 0 aliphatic heterocycles. The molecule has 3 aromatic rings. The van der Waals surface area contributed by atoms with Crippen molar-refractivity contribution in [2.75, 3.05) is 6.54 Å². The number of imidazole rings is 1. The van der Waals surface area contributed by atoms with Crippen LogP contribution < -0.4 is 5.73 Å². The molecule has 17 heavy (non-hydrogen) atoms. The maximum Gasteiger partial charge on any atom is 0.193 e. The third-order valence-electron chi connectivity index (χ3n) is 2.45. The number of thiazole rings is 1. The number of aromatic nitrogens is 5. The lowest BCUT2D eigenvalue weighted by molar-refractivity contribution is 0.640. The summed E-state index contributed by atoms with van der Waals surface area (Å²) in [5, 5.41) is 10.1. The summed E-state index contributed by atoms with van der Waals surface area (Å²) in [4.78, 5) is 5.49. The molecule has 88 valence electrons. The van der Waals surface area contributed by atoms with Crippen molar-refractivity contribution in [2.24, 2.45) is 5.73 Å². The molecule has 0 atom stereocenters. The van der Waals surface area contributed by atoms with Gasteiger partial charge in [0.25, 0.3) is 0 Å². The van der Waals surface area contributed by atoms with Gasteiger partial charge in [0.1, 0.15) is 0 Å². The normalized spacial score (nSPS) is 11.4. The zero-order valence-corrected chi connectivity index (χ0v) is 9.97. The van der Waals surface area contributed by atoms with Crippen LogP contribution in [0.5, 0.6) is 0 Å². The summed E-state index contributed by atoms with van der Waals surface area (Å²) >= 11 is 1.62.